The number of hydrogen-bond donors (Lipinski definition) is 1. The number of aryl methyl sites for hydroxylation is 1. The molecule has 1 aromatic heterocycles. The molecular weight excluding hydrogens is 513 g/mol. The summed E-state index contributed by atoms with van der Waals surface area (Å²) in [6.07, 6.45) is 13.0. The van der Waals surface area contributed by atoms with Gasteiger partial charge < -0.3 is 10.6 Å². The van der Waals surface area contributed by atoms with Crippen LogP contribution in [0.15, 0.2) is 24.3 Å². The van der Waals surface area contributed by atoms with E-state index in [-0.39, 0.29) is 12.1 Å². The van der Waals surface area contributed by atoms with Crippen LogP contribution in [-0.2, 0) is 11.2 Å². The van der Waals surface area contributed by atoms with Gasteiger partial charge in [0.25, 0.3) is 0 Å². The van der Waals surface area contributed by atoms with Gasteiger partial charge in [-0.15, -0.1) is 11.3 Å². The third-order valence-corrected chi connectivity index (χ3v) is 9.48. The Morgan fingerprint density at radius 1 is 1.08 bits per heavy atom. The van der Waals surface area contributed by atoms with Gasteiger partial charge in [-0.1, -0.05) is 35.7 Å². The number of likely N-dealkylation sites (tertiary alicyclic amines) is 2. The highest BCUT2D eigenvalue weighted by Crippen LogP contribution is 2.38. The van der Waals surface area contributed by atoms with E-state index < -0.39 is 0 Å². The van der Waals surface area contributed by atoms with Gasteiger partial charge in [0.2, 0.25) is 5.91 Å². The van der Waals surface area contributed by atoms with E-state index in [1.54, 1.807) is 11.3 Å². The Morgan fingerprint density at radius 2 is 1.92 bits per heavy atom. The highest BCUT2D eigenvalue weighted by molar-refractivity contribution is 7.16. The number of thiazole rings is 1. The van der Waals surface area contributed by atoms with Crippen LogP contribution in [0.2, 0.25) is 10.0 Å². The number of carbonyl (C=O) groups is 1. The van der Waals surface area contributed by atoms with Gasteiger partial charge in [-0.05, 0) is 68.5 Å². The molecule has 9 heteroatoms. The quantitative estimate of drug-likeness (QED) is 0.433. The van der Waals surface area contributed by atoms with Gasteiger partial charge in [0, 0.05) is 45.1 Å². The van der Waals surface area contributed by atoms with Crippen molar-refractivity contribution in [2.24, 2.45) is 5.73 Å². The Balaban J connectivity index is 1.29. The van der Waals surface area contributed by atoms with Crippen molar-refractivity contribution in [2.75, 3.05) is 37.6 Å². The lowest BCUT2D eigenvalue weighted by molar-refractivity contribution is -0.117. The molecule has 194 valence electrons. The maximum absolute atomic E-state index is 11.3. The molecule has 1 aromatic carbocycles. The fourth-order valence-corrected chi connectivity index (χ4v) is 7.20. The van der Waals surface area contributed by atoms with E-state index >= 15 is 0 Å². The standard InChI is InChI=1S/C27H35Cl2N5OS/c28-20-8-7-19(18-21(20)29)23-6-4-15-32(23)16-5-17-34-26(33-13-2-1-3-14-33)12-9-22-27(34)36-25(31-22)11-10-24(30)35/h7-9,12,18,23,26H,1-6,10-11,13-17H2,(H2,30,35). The summed E-state index contributed by atoms with van der Waals surface area (Å²) in [6, 6.07) is 6.47. The van der Waals surface area contributed by atoms with Crippen molar-refractivity contribution in [3.63, 3.8) is 0 Å². The molecule has 2 N–H and O–H groups in total. The number of carbonyl (C=O) groups excluding carboxylic acids is 1. The molecular formula is C27H35Cl2N5OS. The second-order valence-corrected chi connectivity index (χ2v) is 11.9. The first kappa shape index (κ1) is 26.0. The van der Waals surface area contributed by atoms with Crippen LogP contribution in [0.5, 0.6) is 0 Å². The Bertz CT molecular complexity index is 1100. The van der Waals surface area contributed by atoms with Crippen molar-refractivity contribution in [3.8, 4) is 0 Å². The topological polar surface area (TPSA) is 65.7 Å². The van der Waals surface area contributed by atoms with Gasteiger partial charge in [-0.2, -0.15) is 0 Å². The first-order valence-corrected chi connectivity index (χ1v) is 14.7. The van der Waals surface area contributed by atoms with Crippen LogP contribution in [0.4, 0.5) is 5.00 Å². The summed E-state index contributed by atoms with van der Waals surface area (Å²) >= 11 is 14.2. The lowest BCUT2D eigenvalue weighted by Crippen LogP contribution is -2.51. The fraction of sp³-hybridized carbons (Fsp3) is 0.556. The predicted molar refractivity (Wildman–Crippen MR) is 150 cm³/mol. The number of nitrogens with zero attached hydrogens (tertiary/aromatic N) is 4. The van der Waals surface area contributed by atoms with E-state index in [2.05, 4.69) is 32.9 Å². The molecule has 4 heterocycles. The molecule has 1 amide bonds. The van der Waals surface area contributed by atoms with E-state index in [9.17, 15) is 4.79 Å². The van der Waals surface area contributed by atoms with Gasteiger partial charge in [-0.25, -0.2) is 4.98 Å². The van der Waals surface area contributed by atoms with Gasteiger partial charge in [0.05, 0.1) is 20.7 Å². The van der Waals surface area contributed by atoms with Crippen LogP contribution in [0.1, 0.15) is 67.3 Å². The van der Waals surface area contributed by atoms with Gasteiger partial charge in [-0.3, -0.25) is 14.6 Å². The number of hydrogen-bond acceptors (Lipinski definition) is 6. The first-order chi connectivity index (χ1) is 17.5. The normalized spacial score (nSPS) is 22.8. The Morgan fingerprint density at radius 3 is 2.69 bits per heavy atom. The zero-order chi connectivity index (χ0) is 25.1. The van der Waals surface area contributed by atoms with Gasteiger partial charge in [0.1, 0.15) is 11.2 Å². The number of benzene rings is 1. The average molecular weight is 549 g/mol. The molecule has 5 rings (SSSR count). The second-order valence-electron chi connectivity index (χ2n) is 10.0. The summed E-state index contributed by atoms with van der Waals surface area (Å²) in [7, 11) is 0. The Labute approximate surface area is 228 Å². The summed E-state index contributed by atoms with van der Waals surface area (Å²) in [5.41, 5.74) is 7.68. The largest absolute Gasteiger partial charge is 0.370 e. The molecule has 36 heavy (non-hydrogen) atoms. The summed E-state index contributed by atoms with van der Waals surface area (Å²) in [4.78, 5) is 23.9. The monoisotopic (exact) mass is 547 g/mol. The predicted octanol–water partition coefficient (Wildman–Crippen LogP) is 5.74. The first-order valence-electron chi connectivity index (χ1n) is 13.2. The minimum atomic E-state index is -0.274. The van der Waals surface area contributed by atoms with Crippen LogP contribution < -0.4 is 10.6 Å². The van der Waals surface area contributed by atoms with E-state index in [4.69, 9.17) is 33.9 Å². The lowest BCUT2D eigenvalue weighted by Gasteiger charge is -2.42. The second kappa shape index (κ2) is 11.8. The summed E-state index contributed by atoms with van der Waals surface area (Å²) in [5.74, 6) is -0.274. The highest BCUT2D eigenvalue weighted by atomic mass is 35.5. The molecule has 0 radical (unpaired) electrons. The number of halogens is 2. The van der Waals surface area contributed by atoms with Crippen LogP contribution >= 0.6 is 34.5 Å². The van der Waals surface area contributed by atoms with Crippen molar-refractivity contribution in [2.45, 2.75) is 63.6 Å². The van der Waals surface area contributed by atoms with Crippen molar-refractivity contribution in [1.29, 1.82) is 0 Å². The third-order valence-electron chi connectivity index (χ3n) is 7.57. The molecule has 2 atom stereocenters. The molecule has 6 nitrogen and oxygen atoms in total. The molecule has 0 aliphatic carbocycles. The summed E-state index contributed by atoms with van der Waals surface area (Å²) < 4.78 is 0. The number of aromatic nitrogens is 1. The molecule has 2 unspecified atom stereocenters. The maximum atomic E-state index is 11.3. The van der Waals surface area contributed by atoms with E-state index in [0.29, 0.717) is 28.9 Å². The Hall–Kier alpha value is -1.64. The minimum Gasteiger partial charge on any atom is -0.370 e. The zero-order valence-electron chi connectivity index (χ0n) is 20.7. The lowest BCUT2D eigenvalue weighted by atomic mass is 10.0. The van der Waals surface area contributed by atoms with Crippen molar-refractivity contribution in [1.82, 2.24) is 14.8 Å². The molecule has 0 saturated carbocycles. The number of nitrogens with two attached hydrogens (primary N) is 1. The average Bonchev–Trinajstić information content (AvgIpc) is 3.52. The van der Waals surface area contributed by atoms with Crippen LogP contribution in [0, 0.1) is 0 Å². The molecule has 2 saturated heterocycles. The highest BCUT2D eigenvalue weighted by Gasteiger charge is 2.32. The van der Waals surface area contributed by atoms with E-state index in [1.165, 1.54) is 36.2 Å². The number of piperidine rings is 1. The van der Waals surface area contributed by atoms with Crippen LogP contribution in [0.25, 0.3) is 6.08 Å². The third kappa shape index (κ3) is 5.91. The molecule has 3 aliphatic heterocycles. The number of anilines is 1. The summed E-state index contributed by atoms with van der Waals surface area (Å²) in [5, 5.41) is 3.47. The SMILES string of the molecule is NC(=O)CCc1nc2c(s1)N(CCCN1CCCC1c1ccc(Cl)c(Cl)c1)C(N1CCCCC1)C=C2. The molecule has 3 aliphatic rings. The van der Waals surface area contributed by atoms with Crippen molar-refractivity contribution < 1.29 is 4.79 Å². The van der Waals surface area contributed by atoms with Crippen LogP contribution in [0.3, 0.4) is 0 Å². The number of rotatable bonds is 9. The minimum absolute atomic E-state index is 0.270. The number of fused-ring (bicyclic) bond motifs is 1. The van der Waals surface area contributed by atoms with Crippen molar-refractivity contribution in [3.05, 3.63) is 50.6 Å². The molecule has 0 bridgehead atoms. The number of amides is 1. The number of primary amides is 1. The summed E-state index contributed by atoms with van der Waals surface area (Å²) in [6.45, 7) is 5.41. The molecule has 0 spiro atoms. The molecule has 2 aromatic rings. The molecule has 2 fully saturated rings. The maximum Gasteiger partial charge on any atom is 0.217 e. The van der Waals surface area contributed by atoms with E-state index in [0.717, 1.165) is 56.3 Å². The Kier molecular flexibility index (Phi) is 8.53. The van der Waals surface area contributed by atoms with Gasteiger partial charge >= 0.3 is 0 Å². The van der Waals surface area contributed by atoms with Crippen molar-refractivity contribution >= 4 is 51.5 Å². The zero-order valence-corrected chi connectivity index (χ0v) is 23.0. The smallest absolute Gasteiger partial charge is 0.217 e. The fourth-order valence-electron chi connectivity index (χ4n) is 5.79. The van der Waals surface area contributed by atoms with Gasteiger partial charge in [0.15, 0.2) is 0 Å². The van der Waals surface area contributed by atoms with Crippen LogP contribution in [-0.4, -0.2) is 59.6 Å². The van der Waals surface area contributed by atoms with E-state index in [1.807, 2.05) is 12.1 Å².